The van der Waals surface area contributed by atoms with Gasteiger partial charge in [0.25, 0.3) is 0 Å². The smallest absolute Gasteiger partial charge is 0.0547 e. The van der Waals surface area contributed by atoms with E-state index in [1.807, 2.05) is 18.2 Å². The summed E-state index contributed by atoms with van der Waals surface area (Å²) in [5, 5.41) is 13.0. The summed E-state index contributed by atoms with van der Waals surface area (Å²) in [6.07, 6.45) is 0.689. The van der Waals surface area contributed by atoms with Crippen molar-refractivity contribution >= 4 is 23.0 Å². The molecule has 2 nitrogen and oxygen atoms in total. The number of aliphatic hydroxyl groups excluding tert-OH is 1. The Labute approximate surface area is 143 Å². The summed E-state index contributed by atoms with van der Waals surface area (Å²) in [5.41, 5.74) is 0. The largest absolute Gasteiger partial charge is 0.396 e. The van der Waals surface area contributed by atoms with Crippen molar-refractivity contribution in [2.45, 2.75) is 6.42 Å². The van der Waals surface area contributed by atoms with E-state index in [2.05, 4.69) is 72.8 Å². The Morgan fingerprint density at radius 2 is 1.00 bits per heavy atom. The van der Waals surface area contributed by atoms with Gasteiger partial charge in [-0.25, -0.2) is 0 Å². The van der Waals surface area contributed by atoms with Crippen LogP contribution in [0, 0.1) is 0 Å². The molecule has 0 atom stereocenters. The normalized spacial score (nSPS) is 11.2. The van der Waals surface area contributed by atoms with E-state index in [9.17, 15) is 5.11 Å². The van der Waals surface area contributed by atoms with Crippen molar-refractivity contribution in [1.29, 1.82) is 0 Å². The van der Waals surface area contributed by atoms with Gasteiger partial charge in [-0.3, -0.25) is 4.74 Å². The quantitative estimate of drug-likeness (QED) is 0.542. The molecule has 0 saturated heterocycles. The van der Waals surface area contributed by atoms with Crippen molar-refractivity contribution in [3.8, 4) is 0 Å². The Balaban J connectivity index is 2.31. The van der Waals surface area contributed by atoms with Crippen LogP contribution in [0.2, 0.25) is 0 Å². The van der Waals surface area contributed by atoms with Gasteiger partial charge in [-0.15, -0.1) is 0 Å². The van der Waals surface area contributed by atoms with Crippen LogP contribution < -0.4 is 15.9 Å². The molecular formula is C21H22NOP. The van der Waals surface area contributed by atoms with Crippen LogP contribution in [-0.4, -0.2) is 18.3 Å². The molecule has 0 fully saturated rings. The highest BCUT2D eigenvalue weighted by Crippen LogP contribution is 2.46. The van der Waals surface area contributed by atoms with Gasteiger partial charge in [0.1, 0.15) is 0 Å². The zero-order chi connectivity index (χ0) is 16.7. The Bertz CT molecular complexity index is 698. The maximum absolute atomic E-state index is 9.23. The molecule has 3 aromatic rings. The first-order valence-corrected chi connectivity index (χ1v) is 9.98. The van der Waals surface area contributed by atoms with Gasteiger partial charge in [0.05, 0.1) is 7.05 Å². The van der Waals surface area contributed by atoms with Gasteiger partial charge in [0.15, 0.2) is 0 Å². The van der Waals surface area contributed by atoms with Crippen molar-refractivity contribution < 1.29 is 5.11 Å². The van der Waals surface area contributed by atoms with Gasteiger partial charge >= 0.3 is 0 Å². The summed E-state index contributed by atoms with van der Waals surface area (Å²) in [5.74, 6) is 0. The second-order valence-corrected chi connectivity index (χ2v) is 8.69. The highest BCUT2D eigenvalue weighted by Gasteiger charge is 2.26. The molecule has 122 valence electrons. The number of rotatable bonds is 6. The van der Waals surface area contributed by atoms with Crippen molar-refractivity contribution in [2.24, 2.45) is 4.74 Å². The van der Waals surface area contributed by atoms with Gasteiger partial charge in [-0.1, -0.05) is 91.0 Å². The fraction of sp³-hybridized carbons (Fsp3) is 0.143. The number of aliphatic hydroxyl groups is 1. The molecule has 1 N–H and O–H groups in total. The first kappa shape index (κ1) is 16.7. The average Bonchev–Trinajstić information content (AvgIpc) is 2.68. The second-order valence-electron chi connectivity index (χ2n) is 5.58. The zero-order valence-electron chi connectivity index (χ0n) is 13.6. The summed E-state index contributed by atoms with van der Waals surface area (Å²) in [6.45, 7) is 0.824. The molecular weight excluding hydrogens is 313 g/mol. The van der Waals surface area contributed by atoms with Crippen LogP contribution in [0.3, 0.4) is 0 Å². The van der Waals surface area contributed by atoms with E-state index in [0.29, 0.717) is 13.0 Å². The van der Waals surface area contributed by atoms with Crippen molar-refractivity contribution in [1.82, 2.24) is 0 Å². The van der Waals surface area contributed by atoms with Gasteiger partial charge in [0.2, 0.25) is 0 Å². The molecule has 24 heavy (non-hydrogen) atoms. The lowest BCUT2D eigenvalue weighted by molar-refractivity contribution is 0.291. The van der Waals surface area contributed by atoms with Crippen LogP contribution in [0.15, 0.2) is 95.7 Å². The van der Waals surface area contributed by atoms with E-state index in [0.717, 1.165) is 0 Å². The minimum atomic E-state index is -2.07. The van der Waals surface area contributed by atoms with Gasteiger partial charge in [-0.2, -0.15) is 0 Å². The predicted molar refractivity (Wildman–Crippen MR) is 104 cm³/mol. The average molecular weight is 335 g/mol. The first-order chi connectivity index (χ1) is 11.9. The summed E-state index contributed by atoms with van der Waals surface area (Å²) < 4.78 is 5.21. The summed E-state index contributed by atoms with van der Waals surface area (Å²) in [4.78, 5) is 0. The fourth-order valence-electron chi connectivity index (χ4n) is 2.91. The third-order valence-corrected chi connectivity index (χ3v) is 7.78. The molecule has 3 aromatic carbocycles. The van der Waals surface area contributed by atoms with E-state index in [-0.39, 0.29) is 6.61 Å². The molecule has 0 aliphatic heterocycles. The Kier molecular flexibility index (Phi) is 5.63. The maximum atomic E-state index is 9.23. The molecule has 0 unspecified atom stereocenters. The third kappa shape index (κ3) is 3.36. The Morgan fingerprint density at radius 3 is 1.33 bits per heavy atom. The number of nitrogens with zero attached hydrogens (tertiary/aromatic N) is 1. The van der Waals surface area contributed by atoms with E-state index >= 15 is 0 Å². The number of hydrogen-bond acceptors (Lipinski definition) is 2. The minimum Gasteiger partial charge on any atom is -0.396 e. The molecule has 3 heteroatoms. The van der Waals surface area contributed by atoms with E-state index in [1.165, 1.54) is 15.9 Å². The Hall–Kier alpha value is -2.15. The van der Waals surface area contributed by atoms with Crippen LogP contribution >= 0.6 is 7.05 Å². The van der Waals surface area contributed by atoms with Crippen LogP contribution in [0.4, 0.5) is 0 Å². The molecule has 0 spiro atoms. The maximum Gasteiger partial charge on any atom is 0.0547 e. The topological polar surface area (TPSA) is 32.6 Å². The first-order valence-electron chi connectivity index (χ1n) is 8.24. The number of hydrogen-bond donors (Lipinski definition) is 1. The predicted octanol–water partition coefficient (Wildman–Crippen LogP) is 3.55. The molecule has 0 saturated carbocycles. The van der Waals surface area contributed by atoms with Crippen LogP contribution in [0.5, 0.6) is 0 Å². The lowest BCUT2D eigenvalue weighted by Gasteiger charge is -2.27. The molecule has 0 aliphatic carbocycles. The van der Waals surface area contributed by atoms with Gasteiger partial charge in [-0.05, 0) is 6.42 Å². The van der Waals surface area contributed by atoms with E-state index in [4.69, 9.17) is 4.74 Å². The molecule has 0 bridgehead atoms. The lowest BCUT2D eigenvalue weighted by atomic mass is 10.4. The van der Waals surface area contributed by atoms with E-state index < -0.39 is 7.05 Å². The molecule has 0 heterocycles. The fourth-order valence-corrected chi connectivity index (χ4v) is 6.55. The molecule has 3 rings (SSSR count). The van der Waals surface area contributed by atoms with Crippen molar-refractivity contribution in [2.75, 3.05) is 13.2 Å². The number of benzene rings is 3. The zero-order valence-corrected chi connectivity index (χ0v) is 14.5. The highest BCUT2D eigenvalue weighted by molar-refractivity contribution is 7.87. The summed E-state index contributed by atoms with van der Waals surface area (Å²) in [7, 11) is -2.07. The standard InChI is InChI=1S/C21H22NOP/c23-18-10-17-22-24(19-11-4-1-5-12-19,20-13-6-2-7-14-20)21-15-8-3-9-16-21/h1-9,11-16,23H,10,17-18H2. The van der Waals surface area contributed by atoms with Crippen molar-refractivity contribution in [3.63, 3.8) is 0 Å². The summed E-state index contributed by atoms with van der Waals surface area (Å²) in [6, 6.07) is 31.7. The Morgan fingerprint density at radius 1 is 0.625 bits per heavy atom. The lowest BCUT2D eigenvalue weighted by Crippen LogP contribution is -2.25. The van der Waals surface area contributed by atoms with Crippen LogP contribution in [0.1, 0.15) is 6.42 Å². The third-order valence-electron chi connectivity index (χ3n) is 4.02. The second kappa shape index (κ2) is 8.10. The van der Waals surface area contributed by atoms with E-state index in [1.54, 1.807) is 0 Å². The molecule has 0 radical (unpaired) electrons. The molecule has 0 aromatic heterocycles. The van der Waals surface area contributed by atoms with Crippen LogP contribution in [0.25, 0.3) is 0 Å². The van der Waals surface area contributed by atoms with Crippen molar-refractivity contribution in [3.05, 3.63) is 91.0 Å². The SMILES string of the molecule is OCCCN=P(c1ccccc1)(c1ccccc1)c1ccccc1. The molecule has 0 amide bonds. The monoisotopic (exact) mass is 335 g/mol. The highest BCUT2D eigenvalue weighted by atomic mass is 31.2. The van der Waals surface area contributed by atoms with Gasteiger partial charge in [0, 0.05) is 29.1 Å². The molecule has 0 aliphatic rings. The van der Waals surface area contributed by atoms with Gasteiger partial charge < -0.3 is 5.11 Å². The minimum absolute atomic E-state index is 0.169. The van der Waals surface area contributed by atoms with Crippen LogP contribution in [-0.2, 0) is 0 Å². The summed E-state index contributed by atoms with van der Waals surface area (Å²) >= 11 is 0.